The van der Waals surface area contributed by atoms with Crippen LogP contribution in [0.4, 0.5) is 8.78 Å². The summed E-state index contributed by atoms with van der Waals surface area (Å²) in [7, 11) is 2.69. The topological polar surface area (TPSA) is 193 Å². The van der Waals surface area contributed by atoms with Crippen molar-refractivity contribution in [3.63, 3.8) is 0 Å². The Kier molecular flexibility index (Phi) is 14.8. The molecule has 0 atom stereocenters. The lowest BCUT2D eigenvalue weighted by Crippen LogP contribution is -2.41. The Labute approximate surface area is 347 Å². The number of fused-ring (bicyclic) bond motifs is 2. The van der Waals surface area contributed by atoms with Crippen molar-refractivity contribution >= 4 is 62.8 Å². The van der Waals surface area contributed by atoms with E-state index in [0.717, 1.165) is 28.4 Å². The van der Waals surface area contributed by atoms with Gasteiger partial charge in [0.2, 0.25) is 11.8 Å². The first-order chi connectivity index (χ1) is 28.5. The highest BCUT2D eigenvalue weighted by Crippen LogP contribution is 2.41. The monoisotopic (exact) mass is 857 g/mol. The summed E-state index contributed by atoms with van der Waals surface area (Å²) in [5.74, 6) is -5.39. The Morgan fingerprint density at radius 1 is 0.800 bits per heavy atom. The molecule has 3 aromatic rings. The van der Waals surface area contributed by atoms with Crippen molar-refractivity contribution < 1.29 is 70.8 Å². The molecule has 322 valence electrons. The molecule has 1 aromatic heterocycles. The van der Waals surface area contributed by atoms with Crippen LogP contribution in [0.5, 0.6) is 23.0 Å². The second-order valence-electron chi connectivity index (χ2n) is 14.6. The van der Waals surface area contributed by atoms with Gasteiger partial charge < -0.3 is 38.6 Å². The Morgan fingerprint density at radius 2 is 1.43 bits per heavy atom. The van der Waals surface area contributed by atoms with E-state index in [1.165, 1.54) is 31.3 Å². The fraction of sp³-hybridized carbons (Fsp3) is 0.439. The van der Waals surface area contributed by atoms with E-state index in [1.807, 2.05) is 0 Å². The number of halogens is 2. The summed E-state index contributed by atoms with van der Waals surface area (Å²) < 4.78 is 64.5. The van der Waals surface area contributed by atoms with Crippen LogP contribution in [0.15, 0.2) is 30.4 Å². The SMILES string of the molecule is COc1cc2c(c(F)c1OCCCOc1c(OC)cc3sc(C(=O)CCC(=O)OCCNC(=O)CN4C(=O)C=CC4=O)cc3c1F)CN(C(=O)CCC(=O)OC(C)(C)C)C2. The summed E-state index contributed by atoms with van der Waals surface area (Å²) in [6, 6.07) is 4.48. The minimum atomic E-state index is -0.770. The molecule has 0 aliphatic carbocycles. The molecule has 19 heteroatoms. The van der Waals surface area contributed by atoms with Gasteiger partial charge in [-0.2, -0.15) is 0 Å². The highest BCUT2D eigenvalue weighted by molar-refractivity contribution is 7.20. The number of methoxy groups -OCH3 is 2. The maximum atomic E-state index is 15.8. The summed E-state index contributed by atoms with van der Waals surface area (Å²) in [6.45, 7) is 4.45. The van der Waals surface area contributed by atoms with Crippen LogP contribution in [-0.4, -0.2) is 104 Å². The summed E-state index contributed by atoms with van der Waals surface area (Å²) in [5, 5.41) is 2.53. The summed E-state index contributed by atoms with van der Waals surface area (Å²) in [6.07, 6.45) is 1.60. The zero-order valence-electron chi connectivity index (χ0n) is 33.7. The first-order valence-corrected chi connectivity index (χ1v) is 19.7. The van der Waals surface area contributed by atoms with Gasteiger partial charge in [-0.05, 0) is 38.5 Å². The summed E-state index contributed by atoms with van der Waals surface area (Å²) in [5.41, 5.74) is 0.143. The van der Waals surface area contributed by atoms with Gasteiger partial charge in [-0.3, -0.25) is 38.5 Å². The van der Waals surface area contributed by atoms with Crippen LogP contribution in [0, 0.1) is 11.6 Å². The summed E-state index contributed by atoms with van der Waals surface area (Å²) >= 11 is 1.01. The number of ether oxygens (including phenoxy) is 6. The van der Waals surface area contributed by atoms with E-state index in [1.54, 1.807) is 26.8 Å². The first-order valence-electron chi connectivity index (χ1n) is 18.9. The molecular formula is C41H45F2N3O13S. The Balaban J connectivity index is 1.08. The largest absolute Gasteiger partial charge is 0.493 e. The zero-order chi connectivity index (χ0) is 43.7. The average Bonchev–Trinajstić information content (AvgIpc) is 3.92. The standard InChI is InChI=1S/C41H45F2N3O13S/c1-41(2,3)59-36(53)12-10-32(49)45-20-23-17-27(54-4)39(38(43)25(23)21-45)57-14-6-15-58-40-28(55-5)19-29-24(37(40)42)18-30(60-29)26(47)7-11-35(52)56-16-13-44-31(48)22-46-33(50)8-9-34(46)51/h8-9,17-19H,6-7,10-16,20-22H2,1-5H3,(H,44,48). The molecular weight excluding hydrogens is 813 g/mol. The number of nitrogens with zero attached hydrogens (tertiary/aromatic N) is 2. The van der Waals surface area contributed by atoms with Gasteiger partial charge in [0, 0.05) is 66.2 Å². The van der Waals surface area contributed by atoms with Gasteiger partial charge in [-0.1, -0.05) is 0 Å². The molecule has 2 aromatic carbocycles. The molecule has 2 aliphatic heterocycles. The number of carbonyl (C=O) groups excluding carboxylic acids is 7. The maximum absolute atomic E-state index is 15.8. The minimum absolute atomic E-state index is 0.0140. The molecule has 1 N–H and O–H groups in total. The van der Waals surface area contributed by atoms with E-state index in [2.05, 4.69) is 5.32 Å². The Hall–Kier alpha value is -6.11. The molecule has 0 radical (unpaired) electrons. The normalized spacial score (nSPS) is 13.4. The number of ketones is 1. The molecule has 0 saturated carbocycles. The van der Waals surface area contributed by atoms with Gasteiger partial charge >= 0.3 is 11.9 Å². The number of nitrogens with one attached hydrogen (secondary N) is 1. The molecule has 3 heterocycles. The lowest BCUT2D eigenvalue weighted by Gasteiger charge is -2.20. The Morgan fingerprint density at radius 3 is 2.08 bits per heavy atom. The molecule has 0 unspecified atom stereocenters. The van der Waals surface area contributed by atoms with E-state index in [0.29, 0.717) is 10.3 Å². The number of imide groups is 1. The third-order valence-corrected chi connectivity index (χ3v) is 10.2. The third-order valence-electron chi connectivity index (χ3n) is 9.03. The molecule has 0 bridgehead atoms. The van der Waals surface area contributed by atoms with Gasteiger partial charge in [0.25, 0.3) is 11.8 Å². The van der Waals surface area contributed by atoms with E-state index >= 15 is 8.78 Å². The Bertz CT molecular complexity index is 2200. The van der Waals surface area contributed by atoms with Crippen LogP contribution in [-0.2, 0) is 51.3 Å². The molecule has 5 rings (SSSR count). The van der Waals surface area contributed by atoms with Crippen molar-refractivity contribution in [2.24, 2.45) is 0 Å². The lowest BCUT2D eigenvalue weighted by atomic mass is 10.1. The number of esters is 2. The molecule has 0 fully saturated rings. The van der Waals surface area contributed by atoms with E-state index < -0.39 is 59.2 Å². The van der Waals surface area contributed by atoms with Gasteiger partial charge in [0.05, 0.1) is 51.7 Å². The first kappa shape index (κ1) is 45.0. The molecule has 0 spiro atoms. The number of hydrogen-bond acceptors (Lipinski definition) is 14. The van der Waals surface area contributed by atoms with Gasteiger partial charge in [-0.15, -0.1) is 11.3 Å². The minimum Gasteiger partial charge on any atom is -0.493 e. The van der Waals surface area contributed by atoms with Crippen LogP contribution >= 0.6 is 11.3 Å². The molecule has 4 amide bonds. The number of amides is 4. The van der Waals surface area contributed by atoms with Gasteiger partial charge in [0.15, 0.2) is 40.4 Å². The number of Topliss-reactive ketones (excluding diaryl/α,β-unsaturated/α-hetero) is 1. The second-order valence-corrected chi connectivity index (χ2v) is 15.7. The highest BCUT2D eigenvalue weighted by Gasteiger charge is 2.31. The quantitative estimate of drug-likeness (QED) is 0.0721. The van der Waals surface area contributed by atoms with E-state index in [-0.39, 0.29) is 116 Å². The smallest absolute Gasteiger partial charge is 0.306 e. The zero-order valence-corrected chi connectivity index (χ0v) is 34.6. The van der Waals surface area contributed by atoms with E-state index in [4.69, 9.17) is 28.4 Å². The van der Waals surface area contributed by atoms with Crippen molar-refractivity contribution in [1.82, 2.24) is 15.1 Å². The number of hydrogen-bond donors (Lipinski definition) is 1. The van der Waals surface area contributed by atoms with Crippen LogP contribution in [0.1, 0.15) is 73.7 Å². The third kappa shape index (κ3) is 11.3. The van der Waals surface area contributed by atoms with E-state index in [9.17, 15) is 33.6 Å². The molecule has 60 heavy (non-hydrogen) atoms. The van der Waals surface area contributed by atoms with Crippen LogP contribution in [0.3, 0.4) is 0 Å². The van der Waals surface area contributed by atoms with Crippen LogP contribution in [0.25, 0.3) is 10.1 Å². The predicted molar refractivity (Wildman–Crippen MR) is 210 cm³/mol. The van der Waals surface area contributed by atoms with Crippen molar-refractivity contribution in [1.29, 1.82) is 0 Å². The fourth-order valence-electron chi connectivity index (χ4n) is 6.17. The van der Waals surface area contributed by atoms with Crippen molar-refractivity contribution in [2.75, 3.05) is 47.1 Å². The van der Waals surface area contributed by atoms with Crippen molar-refractivity contribution in [2.45, 2.75) is 71.6 Å². The molecule has 0 saturated heterocycles. The predicted octanol–water partition coefficient (Wildman–Crippen LogP) is 4.56. The molecule has 16 nitrogen and oxygen atoms in total. The highest BCUT2D eigenvalue weighted by atomic mass is 32.1. The maximum Gasteiger partial charge on any atom is 0.306 e. The second kappa shape index (κ2) is 19.8. The number of thiophene rings is 1. The van der Waals surface area contributed by atoms with Crippen LogP contribution < -0.4 is 24.3 Å². The number of carbonyl (C=O) groups is 7. The van der Waals surface area contributed by atoms with Crippen molar-refractivity contribution in [3.05, 3.63) is 58.0 Å². The number of rotatable bonds is 20. The van der Waals surface area contributed by atoms with Crippen molar-refractivity contribution in [3.8, 4) is 23.0 Å². The van der Waals surface area contributed by atoms with Crippen LogP contribution in [0.2, 0.25) is 0 Å². The lowest BCUT2D eigenvalue weighted by molar-refractivity contribution is -0.156. The van der Waals surface area contributed by atoms with Gasteiger partial charge in [-0.25, -0.2) is 8.78 Å². The molecule has 2 aliphatic rings. The summed E-state index contributed by atoms with van der Waals surface area (Å²) in [4.78, 5) is 87.6. The fourth-order valence-corrected chi connectivity index (χ4v) is 7.22. The average molecular weight is 858 g/mol. The van der Waals surface area contributed by atoms with Gasteiger partial charge in [0.1, 0.15) is 18.8 Å². The number of benzene rings is 2.